The molecule has 1 aliphatic heterocycles. The van der Waals surface area contributed by atoms with E-state index in [0.29, 0.717) is 40.4 Å². The summed E-state index contributed by atoms with van der Waals surface area (Å²) in [5.74, 6) is -0.545. The first kappa shape index (κ1) is 29.6. The molecule has 5 rings (SSSR count). The van der Waals surface area contributed by atoms with Gasteiger partial charge in [0.25, 0.3) is 0 Å². The fourth-order valence-electron chi connectivity index (χ4n) is 5.66. The third kappa shape index (κ3) is 5.35. The number of anilines is 1. The zero-order chi connectivity index (χ0) is 30.3. The number of nitriles is 1. The number of rotatable bonds is 5. The first-order valence-corrected chi connectivity index (χ1v) is 14.0. The first-order valence-electron chi connectivity index (χ1n) is 13.2. The zero-order valence-corrected chi connectivity index (χ0v) is 24.3. The molecule has 3 aromatic carbocycles. The monoisotopic (exact) mass is 611 g/mol. The molecule has 0 aromatic heterocycles. The lowest BCUT2D eigenvalue weighted by molar-refractivity contribution is -0.137. The van der Waals surface area contributed by atoms with Crippen molar-refractivity contribution in [3.8, 4) is 11.8 Å². The van der Waals surface area contributed by atoms with E-state index in [1.54, 1.807) is 18.2 Å². The van der Waals surface area contributed by atoms with Crippen LogP contribution >= 0.6 is 23.2 Å². The molecule has 5 nitrogen and oxygen atoms in total. The van der Waals surface area contributed by atoms with Gasteiger partial charge in [-0.2, -0.15) is 18.4 Å². The van der Waals surface area contributed by atoms with Gasteiger partial charge in [0.05, 0.1) is 38.9 Å². The molecule has 3 aromatic rings. The van der Waals surface area contributed by atoms with Gasteiger partial charge in [-0.15, -0.1) is 0 Å². The molecule has 2 N–H and O–H groups in total. The van der Waals surface area contributed by atoms with E-state index in [-0.39, 0.29) is 40.9 Å². The molecule has 0 bridgehead atoms. The second kappa shape index (κ2) is 11.4. The van der Waals surface area contributed by atoms with Gasteiger partial charge in [0.2, 0.25) is 0 Å². The van der Waals surface area contributed by atoms with Crippen molar-refractivity contribution in [3.05, 3.63) is 115 Å². The third-order valence-corrected chi connectivity index (χ3v) is 8.29. The molecule has 1 atom stereocenters. The maximum Gasteiger partial charge on any atom is 0.416 e. The normalized spacial score (nSPS) is 17.3. The number of ketones is 1. The number of para-hydroxylation sites is 1. The number of benzene rings is 3. The summed E-state index contributed by atoms with van der Waals surface area (Å²) < 4.78 is 47.0. The molecule has 1 unspecified atom stereocenters. The van der Waals surface area contributed by atoms with Crippen LogP contribution in [0.4, 0.5) is 18.9 Å². The Morgan fingerprint density at radius 3 is 2.50 bits per heavy atom. The molecule has 0 spiro atoms. The molecule has 10 heteroatoms. The van der Waals surface area contributed by atoms with E-state index in [9.17, 15) is 23.2 Å². The number of halogens is 5. The van der Waals surface area contributed by atoms with Gasteiger partial charge in [0.15, 0.2) is 5.78 Å². The Hall–Kier alpha value is -3.93. The smallest absolute Gasteiger partial charge is 0.416 e. The first-order chi connectivity index (χ1) is 19.9. The fraction of sp³-hybridized carbons (Fsp3) is 0.250. The van der Waals surface area contributed by atoms with Gasteiger partial charge < -0.3 is 10.5 Å². The summed E-state index contributed by atoms with van der Waals surface area (Å²) in [6.45, 7) is 3.97. The summed E-state index contributed by atoms with van der Waals surface area (Å²) in [7, 11) is 0. The number of carbonyl (C=O) groups excluding carboxylic acids is 1. The summed E-state index contributed by atoms with van der Waals surface area (Å²) >= 11 is 12.7. The Bertz CT molecular complexity index is 1710. The van der Waals surface area contributed by atoms with E-state index in [4.69, 9.17) is 33.7 Å². The van der Waals surface area contributed by atoms with E-state index in [2.05, 4.69) is 6.07 Å². The van der Waals surface area contributed by atoms with Crippen molar-refractivity contribution in [1.29, 1.82) is 5.26 Å². The summed E-state index contributed by atoms with van der Waals surface area (Å²) in [6.07, 6.45) is -3.53. The van der Waals surface area contributed by atoms with Gasteiger partial charge in [-0.1, -0.05) is 53.0 Å². The number of ether oxygens (including phenoxy) is 1. The lowest BCUT2D eigenvalue weighted by Crippen LogP contribution is -2.39. The Labute approximate surface area is 251 Å². The Kier molecular flexibility index (Phi) is 8.02. The van der Waals surface area contributed by atoms with Gasteiger partial charge in [-0.05, 0) is 73.7 Å². The number of hydrogen-bond donors (Lipinski definition) is 1. The molecule has 2 aliphatic rings. The molecular weight excluding hydrogens is 586 g/mol. The van der Waals surface area contributed by atoms with Gasteiger partial charge in [-0.3, -0.25) is 9.69 Å². The maximum absolute atomic E-state index is 13.7. The number of alkyl halides is 3. The Balaban J connectivity index is 1.67. The predicted octanol–water partition coefficient (Wildman–Crippen LogP) is 8.51. The standard InChI is InChI=1S/C32H26Cl2F3N3O2/c1-17-12-19(16-42-28-9-4-3-6-24(28)34)18(2)21(13-17)29-22(15-38)31(39)40(25-7-5-8-27(41)30(25)29)26-14-20(32(35,36)37)10-11-23(26)33/h3-4,6,9-14,29H,5,7-8,16,39H2,1-2H3. The predicted molar refractivity (Wildman–Crippen MR) is 156 cm³/mol. The van der Waals surface area contributed by atoms with Gasteiger partial charge in [-0.25, -0.2) is 0 Å². The van der Waals surface area contributed by atoms with Crippen LogP contribution in [-0.2, 0) is 17.6 Å². The molecule has 0 saturated carbocycles. The highest BCUT2D eigenvalue weighted by molar-refractivity contribution is 6.33. The molecule has 0 saturated heterocycles. The van der Waals surface area contributed by atoms with Crippen LogP contribution in [0.15, 0.2) is 77.3 Å². The van der Waals surface area contributed by atoms with Crippen LogP contribution < -0.4 is 15.4 Å². The number of nitrogens with two attached hydrogens (primary N) is 1. The van der Waals surface area contributed by atoms with Crippen LogP contribution in [0, 0.1) is 25.2 Å². The zero-order valence-electron chi connectivity index (χ0n) is 22.8. The van der Waals surface area contributed by atoms with Crippen molar-refractivity contribution in [2.45, 2.75) is 51.8 Å². The molecule has 1 heterocycles. The lowest BCUT2D eigenvalue weighted by atomic mass is 9.73. The second-order valence-corrected chi connectivity index (χ2v) is 11.2. The average molecular weight is 612 g/mol. The van der Waals surface area contributed by atoms with Crippen LogP contribution in [0.2, 0.25) is 10.0 Å². The highest BCUT2D eigenvalue weighted by Gasteiger charge is 2.42. The van der Waals surface area contributed by atoms with Crippen molar-refractivity contribution in [2.75, 3.05) is 4.90 Å². The number of hydrogen-bond acceptors (Lipinski definition) is 5. The van der Waals surface area contributed by atoms with Gasteiger partial charge >= 0.3 is 6.18 Å². The highest BCUT2D eigenvalue weighted by Crippen LogP contribution is 2.49. The Morgan fingerprint density at radius 2 is 1.81 bits per heavy atom. The minimum absolute atomic E-state index is 0.0114. The SMILES string of the molecule is Cc1cc(COc2ccccc2Cl)c(C)c(C2C(C#N)=C(N)N(c3cc(C(F)(F)F)ccc3Cl)C3=C2C(=O)CCC3)c1. The molecule has 42 heavy (non-hydrogen) atoms. The third-order valence-electron chi connectivity index (χ3n) is 7.66. The average Bonchev–Trinajstić information content (AvgIpc) is 2.93. The second-order valence-electron chi connectivity index (χ2n) is 10.3. The molecule has 0 amide bonds. The maximum atomic E-state index is 13.7. The summed E-state index contributed by atoms with van der Waals surface area (Å²) in [5.41, 5.74) is 9.70. The highest BCUT2D eigenvalue weighted by atomic mass is 35.5. The van der Waals surface area contributed by atoms with Crippen LogP contribution in [-0.4, -0.2) is 5.78 Å². The van der Waals surface area contributed by atoms with Crippen LogP contribution in [0.3, 0.4) is 0 Å². The number of nitrogens with zero attached hydrogens (tertiary/aromatic N) is 2. The van der Waals surface area contributed by atoms with E-state index >= 15 is 0 Å². The van der Waals surface area contributed by atoms with Crippen molar-refractivity contribution < 1.29 is 22.7 Å². The van der Waals surface area contributed by atoms with E-state index in [0.717, 1.165) is 34.9 Å². The quantitative estimate of drug-likeness (QED) is 0.313. The van der Waals surface area contributed by atoms with Gasteiger partial charge in [0, 0.05) is 17.7 Å². The van der Waals surface area contributed by atoms with E-state index < -0.39 is 17.7 Å². The van der Waals surface area contributed by atoms with Crippen molar-refractivity contribution >= 4 is 34.7 Å². The topological polar surface area (TPSA) is 79.3 Å². The van der Waals surface area contributed by atoms with Crippen molar-refractivity contribution in [3.63, 3.8) is 0 Å². The molecule has 216 valence electrons. The molecular formula is C32H26Cl2F3N3O2. The summed E-state index contributed by atoms with van der Waals surface area (Å²) in [5, 5.41) is 10.9. The van der Waals surface area contributed by atoms with Crippen LogP contribution in [0.5, 0.6) is 5.75 Å². The summed E-state index contributed by atoms with van der Waals surface area (Å²) in [6, 6.07) is 16.1. The number of aryl methyl sites for hydroxylation is 1. The number of allylic oxidation sites excluding steroid dienone is 3. The fourth-order valence-corrected chi connectivity index (χ4v) is 6.06. The minimum atomic E-state index is -4.63. The number of Topliss-reactive ketones (excluding diaryl/α,β-unsaturated/α-hetero) is 1. The Morgan fingerprint density at radius 1 is 1.07 bits per heavy atom. The lowest BCUT2D eigenvalue weighted by Gasteiger charge is -2.40. The molecule has 0 fully saturated rings. The van der Waals surface area contributed by atoms with Crippen molar-refractivity contribution in [1.82, 2.24) is 0 Å². The molecule has 1 aliphatic carbocycles. The minimum Gasteiger partial charge on any atom is -0.487 e. The van der Waals surface area contributed by atoms with Crippen LogP contribution in [0.1, 0.15) is 53.0 Å². The van der Waals surface area contributed by atoms with E-state index in [1.165, 1.54) is 4.90 Å². The summed E-state index contributed by atoms with van der Waals surface area (Å²) in [4.78, 5) is 14.9. The van der Waals surface area contributed by atoms with E-state index in [1.807, 2.05) is 32.0 Å². The van der Waals surface area contributed by atoms with Crippen LogP contribution in [0.25, 0.3) is 0 Å². The van der Waals surface area contributed by atoms with Gasteiger partial charge in [0.1, 0.15) is 18.2 Å². The molecule has 0 radical (unpaired) electrons. The largest absolute Gasteiger partial charge is 0.487 e. The number of carbonyl (C=O) groups is 1. The van der Waals surface area contributed by atoms with Crippen molar-refractivity contribution in [2.24, 2.45) is 5.73 Å².